The number of ether oxygens (including phenoxy) is 4. The van der Waals surface area contributed by atoms with Crippen LogP contribution in [0.4, 0.5) is 5.69 Å². The smallest absolute Gasteiger partial charge is 0.203 e. The number of aromatic nitrogens is 1. The highest BCUT2D eigenvalue weighted by molar-refractivity contribution is 9.10. The van der Waals surface area contributed by atoms with Crippen LogP contribution >= 0.6 is 15.9 Å². The number of carbonyl (C=O) groups excluding carboxylic acids is 1. The van der Waals surface area contributed by atoms with Gasteiger partial charge in [0.15, 0.2) is 23.0 Å². The highest BCUT2D eigenvalue weighted by Crippen LogP contribution is 2.40. The van der Waals surface area contributed by atoms with Crippen LogP contribution in [0.3, 0.4) is 0 Å². The zero-order valence-electron chi connectivity index (χ0n) is 21.9. The van der Waals surface area contributed by atoms with Crippen LogP contribution in [0.2, 0.25) is 0 Å². The first kappa shape index (κ1) is 27.0. The van der Waals surface area contributed by atoms with Crippen molar-refractivity contribution in [1.82, 2.24) is 4.57 Å². The number of aryl methyl sites for hydroxylation is 1. The minimum atomic E-state index is 0.00188. The quantitative estimate of drug-likeness (QED) is 0.114. The second-order valence-corrected chi connectivity index (χ2v) is 9.31. The molecule has 7 nitrogen and oxygen atoms in total. The van der Waals surface area contributed by atoms with E-state index in [0.29, 0.717) is 34.2 Å². The number of rotatable bonds is 10. The lowest BCUT2D eigenvalue weighted by atomic mass is 10.1. The lowest BCUT2D eigenvalue weighted by Crippen LogP contribution is -1.98. The van der Waals surface area contributed by atoms with Gasteiger partial charge in [0.2, 0.25) is 5.75 Å². The molecule has 4 rings (SSSR count). The maximum Gasteiger partial charge on any atom is 0.203 e. The normalized spacial score (nSPS) is 11.4. The molecule has 38 heavy (non-hydrogen) atoms. The van der Waals surface area contributed by atoms with E-state index in [2.05, 4.69) is 20.9 Å². The van der Waals surface area contributed by atoms with Crippen LogP contribution in [-0.2, 0) is 7.05 Å². The van der Waals surface area contributed by atoms with E-state index < -0.39 is 0 Å². The molecule has 0 bridgehead atoms. The number of ketones is 1. The maximum atomic E-state index is 13.0. The third-order valence-electron chi connectivity index (χ3n) is 6.11. The molecule has 0 atom stereocenters. The number of hydrogen-bond acceptors (Lipinski definition) is 6. The summed E-state index contributed by atoms with van der Waals surface area (Å²) in [6, 6.07) is 15.4. The van der Waals surface area contributed by atoms with Crippen molar-refractivity contribution < 1.29 is 23.7 Å². The Kier molecular flexibility index (Phi) is 8.53. The molecule has 0 fully saturated rings. The van der Waals surface area contributed by atoms with E-state index in [-0.39, 0.29) is 12.2 Å². The topological polar surface area (TPSA) is 71.3 Å². The van der Waals surface area contributed by atoms with Gasteiger partial charge in [0.05, 0.1) is 32.9 Å². The molecule has 0 N–H and O–H groups in total. The first-order chi connectivity index (χ1) is 18.4. The summed E-state index contributed by atoms with van der Waals surface area (Å²) in [5.74, 6) is 2.27. The molecule has 0 saturated heterocycles. The molecule has 3 aromatic carbocycles. The molecule has 4 aromatic rings. The van der Waals surface area contributed by atoms with E-state index in [1.807, 2.05) is 78.5 Å². The van der Waals surface area contributed by atoms with Crippen LogP contribution < -0.4 is 18.9 Å². The van der Waals surface area contributed by atoms with Crippen LogP contribution in [0.25, 0.3) is 23.1 Å². The average Bonchev–Trinajstić information content (AvgIpc) is 3.27. The molecule has 0 aliphatic carbocycles. The van der Waals surface area contributed by atoms with Crippen molar-refractivity contribution in [2.75, 3.05) is 28.4 Å². The van der Waals surface area contributed by atoms with Crippen LogP contribution in [-0.4, -0.2) is 45.0 Å². The van der Waals surface area contributed by atoms with Gasteiger partial charge >= 0.3 is 0 Å². The van der Waals surface area contributed by atoms with Crippen molar-refractivity contribution >= 4 is 56.7 Å². The van der Waals surface area contributed by atoms with E-state index in [1.165, 1.54) is 0 Å². The molecule has 8 heteroatoms. The van der Waals surface area contributed by atoms with E-state index in [1.54, 1.807) is 34.7 Å². The Balaban J connectivity index is 1.59. The van der Waals surface area contributed by atoms with Crippen molar-refractivity contribution in [2.24, 2.45) is 12.0 Å². The van der Waals surface area contributed by atoms with Gasteiger partial charge in [-0.25, -0.2) is 0 Å². The lowest BCUT2D eigenvalue weighted by Gasteiger charge is -2.13. The number of halogens is 1. The number of carbonyl (C=O) groups is 1. The van der Waals surface area contributed by atoms with Gasteiger partial charge in [-0.1, -0.05) is 30.4 Å². The van der Waals surface area contributed by atoms with Gasteiger partial charge in [0, 0.05) is 42.3 Å². The molecule has 196 valence electrons. The fraction of sp³-hybridized carbons (Fsp3) is 0.200. The predicted octanol–water partition coefficient (Wildman–Crippen LogP) is 7.12. The zero-order valence-corrected chi connectivity index (χ0v) is 23.5. The van der Waals surface area contributed by atoms with Crippen LogP contribution in [0.5, 0.6) is 23.0 Å². The molecule has 0 radical (unpaired) electrons. The minimum absolute atomic E-state index is 0.00188. The summed E-state index contributed by atoms with van der Waals surface area (Å²) in [4.78, 5) is 17.6. The highest BCUT2D eigenvalue weighted by Gasteiger charge is 2.14. The van der Waals surface area contributed by atoms with Crippen molar-refractivity contribution in [3.63, 3.8) is 0 Å². The Hall–Kier alpha value is -4.04. The SMILES string of the molecule is COc1cc(/C=C\c2cc(Br)c(OC)c(N=CCC(=O)c3cn(C)c4ccccc34)c2)cc(OC)c1OC. The summed E-state index contributed by atoms with van der Waals surface area (Å²) in [6.45, 7) is 0. The number of hydrogen-bond donors (Lipinski definition) is 0. The Bertz CT molecular complexity index is 1510. The van der Waals surface area contributed by atoms with Crippen LogP contribution in [0.15, 0.2) is 64.2 Å². The largest absolute Gasteiger partial charge is 0.493 e. The molecule has 0 aliphatic rings. The van der Waals surface area contributed by atoms with Gasteiger partial charge in [-0.2, -0.15) is 0 Å². The lowest BCUT2D eigenvalue weighted by molar-refractivity contribution is 0.100. The fourth-order valence-corrected chi connectivity index (χ4v) is 4.91. The molecule has 0 amide bonds. The zero-order chi connectivity index (χ0) is 27.2. The van der Waals surface area contributed by atoms with Crippen LogP contribution in [0, 0.1) is 0 Å². The average molecular weight is 577 g/mol. The minimum Gasteiger partial charge on any atom is -0.493 e. The van der Waals surface area contributed by atoms with Gasteiger partial charge in [-0.05, 0) is 57.4 Å². The molecule has 1 heterocycles. The van der Waals surface area contributed by atoms with E-state index in [4.69, 9.17) is 18.9 Å². The molecular formula is C30H29BrN2O5. The number of methoxy groups -OCH3 is 4. The number of Topliss-reactive ketones (excluding diaryl/α,β-unsaturated/α-hetero) is 1. The molecule has 0 saturated carbocycles. The molecule has 1 aromatic heterocycles. The molecule has 0 aliphatic heterocycles. The summed E-state index contributed by atoms with van der Waals surface area (Å²) in [6.07, 6.45) is 7.55. The van der Waals surface area contributed by atoms with Crippen molar-refractivity contribution in [2.45, 2.75) is 6.42 Å². The van der Waals surface area contributed by atoms with E-state index in [9.17, 15) is 4.79 Å². The second kappa shape index (κ2) is 12.0. The maximum absolute atomic E-state index is 13.0. The van der Waals surface area contributed by atoms with Gasteiger partial charge in [-0.15, -0.1) is 0 Å². The third-order valence-corrected chi connectivity index (χ3v) is 6.70. The predicted molar refractivity (Wildman–Crippen MR) is 156 cm³/mol. The Morgan fingerprint density at radius 1 is 0.895 bits per heavy atom. The van der Waals surface area contributed by atoms with Crippen molar-refractivity contribution in [3.8, 4) is 23.0 Å². The number of para-hydroxylation sites is 1. The first-order valence-electron chi connectivity index (χ1n) is 11.9. The molecule has 0 spiro atoms. The Labute approximate surface area is 230 Å². The van der Waals surface area contributed by atoms with E-state index in [0.717, 1.165) is 26.5 Å². The number of nitrogens with zero attached hydrogens (tertiary/aromatic N) is 2. The summed E-state index contributed by atoms with van der Waals surface area (Å²) < 4.78 is 24.6. The fourth-order valence-electron chi connectivity index (χ4n) is 4.28. The number of fused-ring (bicyclic) bond motifs is 1. The van der Waals surface area contributed by atoms with Gasteiger partial charge in [0.25, 0.3) is 0 Å². The summed E-state index contributed by atoms with van der Waals surface area (Å²) in [5, 5.41) is 0.938. The van der Waals surface area contributed by atoms with Crippen molar-refractivity contribution in [1.29, 1.82) is 0 Å². The Morgan fingerprint density at radius 2 is 1.53 bits per heavy atom. The van der Waals surface area contributed by atoms with Gasteiger partial charge in [-0.3, -0.25) is 9.79 Å². The van der Waals surface area contributed by atoms with Crippen LogP contribution in [0.1, 0.15) is 27.9 Å². The number of benzene rings is 3. The summed E-state index contributed by atoms with van der Waals surface area (Å²) >= 11 is 3.58. The Morgan fingerprint density at radius 3 is 2.16 bits per heavy atom. The summed E-state index contributed by atoms with van der Waals surface area (Å²) in [5.41, 5.74) is 4.07. The van der Waals surface area contributed by atoms with Gasteiger partial charge in [0.1, 0.15) is 5.69 Å². The second-order valence-electron chi connectivity index (χ2n) is 8.46. The standard InChI is InChI=1S/C30H29BrN2O5/c1-33-18-22(21-8-6-7-9-25(21)33)26(34)12-13-32-24-15-19(14-23(31)29(24)37-4)10-11-20-16-27(35-2)30(38-5)28(17-20)36-3/h6-11,13-18H,12H2,1-5H3/b11-10-,32-13?. The monoisotopic (exact) mass is 576 g/mol. The molecule has 0 unspecified atom stereocenters. The van der Waals surface area contributed by atoms with Crippen molar-refractivity contribution in [3.05, 3.63) is 75.9 Å². The summed E-state index contributed by atoms with van der Waals surface area (Å²) in [7, 11) is 8.27. The number of aliphatic imine (C=N–C) groups is 1. The highest BCUT2D eigenvalue weighted by atomic mass is 79.9. The molecular weight excluding hydrogens is 548 g/mol. The van der Waals surface area contributed by atoms with Gasteiger partial charge < -0.3 is 23.5 Å². The third kappa shape index (κ3) is 5.60. The van der Waals surface area contributed by atoms with E-state index >= 15 is 0 Å². The first-order valence-corrected chi connectivity index (χ1v) is 12.6.